The largest absolute Gasteiger partial charge is 0.485 e. The Hall–Kier alpha value is -3.72. The molecule has 174 valence electrons. The lowest BCUT2D eigenvalue weighted by Crippen LogP contribution is -2.24. The molecule has 0 unspecified atom stereocenters. The zero-order valence-corrected chi connectivity index (χ0v) is 20.0. The maximum atomic E-state index is 15.2. The fourth-order valence-electron chi connectivity index (χ4n) is 3.29. The summed E-state index contributed by atoms with van der Waals surface area (Å²) in [5, 5.41) is 10.7. The molecule has 0 saturated heterocycles. The highest BCUT2D eigenvalue weighted by Gasteiger charge is 2.17. The highest BCUT2D eigenvalue weighted by atomic mass is 32.2. The van der Waals surface area contributed by atoms with Crippen molar-refractivity contribution in [1.29, 1.82) is 0 Å². The zero-order valence-electron chi connectivity index (χ0n) is 19.2. The Bertz CT molecular complexity index is 1360. The van der Waals surface area contributed by atoms with Crippen molar-refractivity contribution in [3.8, 4) is 17.0 Å². The van der Waals surface area contributed by atoms with Gasteiger partial charge >= 0.3 is 0 Å². The standard InChI is InChI=1S/C25H25FN6OS/c1-5-17-7-6-8-19(11-17)34-20-9-10-22(21(26)12-20)31-25-24(33-16(2)3)23(18-13-29-30-14-18)28-15-32(25)27-4/h6-16H,4-5H2,1-3H3,(H,29,30). The Morgan fingerprint density at radius 3 is 2.71 bits per heavy atom. The number of hydrogen-bond acceptors (Lipinski definition) is 6. The van der Waals surface area contributed by atoms with Crippen LogP contribution in [-0.4, -0.2) is 32.7 Å². The molecule has 0 spiro atoms. The Labute approximate surface area is 201 Å². The lowest BCUT2D eigenvalue weighted by atomic mass is 10.2. The number of nitrogens with zero attached hydrogens (tertiary/aromatic N) is 5. The first-order chi connectivity index (χ1) is 16.5. The van der Waals surface area contributed by atoms with Crippen LogP contribution in [0.3, 0.4) is 0 Å². The summed E-state index contributed by atoms with van der Waals surface area (Å²) < 4.78 is 22.6. The van der Waals surface area contributed by atoms with Gasteiger partial charge in [-0.2, -0.15) is 10.2 Å². The first-order valence-corrected chi connectivity index (χ1v) is 11.7. The number of rotatable bonds is 8. The van der Waals surface area contributed by atoms with Gasteiger partial charge in [0.15, 0.2) is 5.75 Å². The van der Waals surface area contributed by atoms with Gasteiger partial charge in [-0.25, -0.2) is 19.0 Å². The molecular weight excluding hydrogens is 451 g/mol. The number of halogens is 1. The van der Waals surface area contributed by atoms with E-state index in [1.165, 1.54) is 34.4 Å². The summed E-state index contributed by atoms with van der Waals surface area (Å²) in [5.41, 5.74) is 2.91. The molecule has 9 heteroatoms. The van der Waals surface area contributed by atoms with Crippen LogP contribution in [0.2, 0.25) is 0 Å². The fraction of sp³-hybridized carbons (Fsp3) is 0.200. The molecule has 2 aromatic heterocycles. The molecule has 4 rings (SSSR count). The third kappa shape index (κ3) is 5.26. The summed E-state index contributed by atoms with van der Waals surface area (Å²) in [6, 6.07) is 13.2. The second kappa shape index (κ2) is 10.5. The minimum absolute atomic E-state index is 0.155. The van der Waals surface area contributed by atoms with Crippen LogP contribution in [0.4, 0.5) is 10.1 Å². The molecule has 1 N–H and O–H groups in total. The molecule has 0 aliphatic carbocycles. The molecule has 0 atom stereocenters. The van der Waals surface area contributed by atoms with E-state index in [1.807, 2.05) is 32.0 Å². The van der Waals surface area contributed by atoms with E-state index in [9.17, 15) is 0 Å². The van der Waals surface area contributed by atoms with Crippen LogP contribution < -0.4 is 10.2 Å². The molecule has 0 aliphatic heterocycles. The van der Waals surface area contributed by atoms with Crippen LogP contribution in [0.15, 0.2) is 81.1 Å². The summed E-state index contributed by atoms with van der Waals surface area (Å²) >= 11 is 1.51. The Balaban J connectivity index is 1.78. The second-order valence-electron chi connectivity index (χ2n) is 7.71. The van der Waals surface area contributed by atoms with Crippen molar-refractivity contribution in [3.63, 3.8) is 0 Å². The van der Waals surface area contributed by atoms with E-state index < -0.39 is 5.82 Å². The van der Waals surface area contributed by atoms with Gasteiger partial charge in [-0.15, -0.1) is 0 Å². The molecule has 0 bridgehead atoms. The zero-order chi connectivity index (χ0) is 24.1. The number of H-pyrrole nitrogens is 1. The van der Waals surface area contributed by atoms with Gasteiger partial charge in [0.1, 0.15) is 23.5 Å². The number of hydrogen-bond donors (Lipinski definition) is 1. The van der Waals surface area contributed by atoms with E-state index in [2.05, 4.69) is 51.0 Å². The summed E-state index contributed by atoms with van der Waals surface area (Å²) in [6.45, 7) is 9.48. The smallest absolute Gasteiger partial charge is 0.200 e. The van der Waals surface area contributed by atoms with Crippen molar-refractivity contribution in [3.05, 3.63) is 78.1 Å². The van der Waals surface area contributed by atoms with Crippen molar-refractivity contribution in [2.75, 3.05) is 0 Å². The maximum Gasteiger partial charge on any atom is 0.200 e. The molecule has 0 amide bonds. The first kappa shape index (κ1) is 23.4. The van der Waals surface area contributed by atoms with E-state index in [0.717, 1.165) is 16.2 Å². The molecule has 34 heavy (non-hydrogen) atoms. The normalized spacial score (nSPS) is 11.7. The molecule has 0 fully saturated rings. The summed E-state index contributed by atoms with van der Waals surface area (Å²) in [4.78, 5) is 10.8. The molecule has 7 nitrogen and oxygen atoms in total. The Kier molecular flexibility index (Phi) is 7.22. The molecular formula is C25H25FN6OS. The van der Waals surface area contributed by atoms with E-state index in [1.54, 1.807) is 18.5 Å². The third-order valence-electron chi connectivity index (χ3n) is 4.90. The SMILES string of the molecule is C=Nn1cnc(-c2cn[nH]c2)c(OC(C)C)c1=Nc1ccc(Sc2cccc(CC)c2)cc1F. The summed E-state index contributed by atoms with van der Waals surface area (Å²) in [5.74, 6) is -0.0926. The number of ether oxygens (including phenoxy) is 1. The van der Waals surface area contributed by atoms with Crippen LogP contribution in [0, 0.1) is 5.82 Å². The number of benzene rings is 2. The molecule has 2 heterocycles. The maximum absolute atomic E-state index is 15.2. The molecule has 2 aromatic carbocycles. The lowest BCUT2D eigenvalue weighted by molar-refractivity contribution is 0.236. The predicted molar refractivity (Wildman–Crippen MR) is 132 cm³/mol. The van der Waals surface area contributed by atoms with Crippen LogP contribution >= 0.6 is 11.8 Å². The lowest BCUT2D eigenvalue weighted by Gasteiger charge is -2.15. The monoisotopic (exact) mass is 476 g/mol. The van der Waals surface area contributed by atoms with Crippen LogP contribution in [-0.2, 0) is 6.42 Å². The quantitative estimate of drug-likeness (QED) is 0.335. The number of aromatic nitrogens is 4. The van der Waals surface area contributed by atoms with Crippen molar-refractivity contribution in [2.45, 2.75) is 43.1 Å². The van der Waals surface area contributed by atoms with Gasteiger partial charge in [0.25, 0.3) is 0 Å². The predicted octanol–water partition coefficient (Wildman–Crippen LogP) is 5.61. The van der Waals surface area contributed by atoms with E-state index >= 15 is 4.39 Å². The van der Waals surface area contributed by atoms with E-state index in [4.69, 9.17) is 4.74 Å². The van der Waals surface area contributed by atoms with Crippen molar-refractivity contribution in [1.82, 2.24) is 19.9 Å². The first-order valence-electron chi connectivity index (χ1n) is 10.8. The minimum atomic E-state index is -0.454. The van der Waals surface area contributed by atoms with Crippen molar-refractivity contribution >= 4 is 24.2 Å². The average Bonchev–Trinajstić information content (AvgIpc) is 3.36. The van der Waals surface area contributed by atoms with Crippen LogP contribution in [0.5, 0.6) is 5.75 Å². The van der Waals surface area contributed by atoms with E-state index in [0.29, 0.717) is 17.0 Å². The van der Waals surface area contributed by atoms with Gasteiger partial charge in [0.2, 0.25) is 5.49 Å². The molecule has 0 aliphatic rings. The molecule has 4 aromatic rings. The van der Waals surface area contributed by atoms with Gasteiger partial charge < -0.3 is 4.74 Å². The fourth-order valence-corrected chi connectivity index (χ4v) is 4.22. The Morgan fingerprint density at radius 2 is 2.03 bits per heavy atom. The van der Waals surface area contributed by atoms with Crippen molar-refractivity contribution in [2.24, 2.45) is 10.1 Å². The van der Waals surface area contributed by atoms with Gasteiger partial charge in [0, 0.05) is 28.3 Å². The highest BCUT2D eigenvalue weighted by Crippen LogP contribution is 2.32. The van der Waals surface area contributed by atoms with Gasteiger partial charge in [-0.05, 0) is 56.2 Å². The van der Waals surface area contributed by atoms with Gasteiger partial charge in [-0.1, -0.05) is 30.8 Å². The summed E-state index contributed by atoms with van der Waals surface area (Å²) in [6.07, 6.45) is 5.57. The van der Waals surface area contributed by atoms with Gasteiger partial charge in [-0.3, -0.25) is 5.10 Å². The Morgan fingerprint density at radius 1 is 1.21 bits per heavy atom. The second-order valence-corrected chi connectivity index (χ2v) is 8.86. The van der Waals surface area contributed by atoms with Gasteiger partial charge in [0.05, 0.1) is 12.3 Å². The minimum Gasteiger partial charge on any atom is -0.485 e. The van der Waals surface area contributed by atoms with E-state index in [-0.39, 0.29) is 17.3 Å². The number of aromatic amines is 1. The molecule has 0 radical (unpaired) electrons. The topological polar surface area (TPSA) is 80.5 Å². The van der Waals surface area contributed by atoms with Crippen LogP contribution in [0.1, 0.15) is 26.3 Å². The molecule has 0 saturated carbocycles. The average molecular weight is 477 g/mol. The number of nitrogens with one attached hydrogen (secondary N) is 1. The van der Waals surface area contributed by atoms with Crippen LogP contribution in [0.25, 0.3) is 11.3 Å². The summed E-state index contributed by atoms with van der Waals surface area (Å²) in [7, 11) is 0. The third-order valence-corrected chi connectivity index (χ3v) is 5.88. The number of aryl methyl sites for hydroxylation is 1. The van der Waals surface area contributed by atoms with Crippen molar-refractivity contribution < 1.29 is 9.13 Å². The highest BCUT2D eigenvalue weighted by molar-refractivity contribution is 7.99.